The normalized spacial score (nSPS) is 14.9. The van der Waals surface area contributed by atoms with Crippen molar-refractivity contribution in [3.63, 3.8) is 0 Å². The first-order chi connectivity index (χ1) is 12.5. The monoisotopic (exact) mass is 417 g/mol. The zero-order valence-electron chi connectivity index (χ0n) is 14.2. The second kappa shape index (κ2) is 8.33. The van der Waals surface area contributed by atoms with E-state index in [0.29, 0.717) is 18.7 Å². The lowest BCUT2D eigenvalue weighted by Gasteiger charge is -2.33. The molecule has 6 nitrogen and oxygen atoms in total. The first kappa shape index (κ1) is 18.4. The number of nitrogens with zero attached hydrogens (tertiary/aromatic N) is 2. The molecule has 2 N–H and O–H groups in total. The SMILES string of the molecule is O=C(Nc1ccc(CN2CCN(C(=O)O)CC2)cc1)c1ccc(Br)cc1. The molecule has 0 spiro atoms. The van der Waals surface area contributed by atoms with Crippen LogP contribution < -0.4 is 5.32 Å². The van der Waals surface area contributed by atoms with Gasteiger partial charge in [-0.2, -0.15) is 0 Å². The molecule has 26 heavy (non-hydrogen) atoms. The van der Waals surface area contributed by atoms with E-state index in [-0.39, 0.29) is 5.91 Å². The summed E-state index contributed by atoms with van der Waals surface area (Å²) in [7, 11) is 0. The van der Waals surface area contributed by atoms with Crippen molar-refractivity contribution in [1.82, 2.24) is 9.80 Å². The van der Waals surface area contributed by atoms with Gasteiger partial charge in [-0.25, -0.2) is 4.79 Å². The van der Waals surface area contributed by atoms with Crippen LogP contribution >= 0.6 is 15.9 Å². The molecule has 0 radical (unpaired) electrons. The minimum absolute atomic E-state index is 0.143. The number of hydrogen-bond acceptors (Lipinski definition) is 3. The largest absolute Gasteiger partial charge is 0.465 e. The molecule has 1 aliphatic rings. The predicted octanol–water partition coefficient (Wildman–Crippen LogP) is 3.50. The molecule has 1 heterocycles. The number of hydrogen-bond donors (Lipinski definition) is 2. The smallest absolute Gasteiger partial charge is 0.407 e. The summed E-state index contributed by atoms with van der Waals surface area (Å²) in [6.45, 7) is 3.31. The van der Waals surface area contributed by atoms with Crippen molar-refractivity contribution in [3.05, 3.63) is 64.1 Å². The van der Waals surface area contributed by atoms with Gasteiger partial charge in [0.05, 0.1) is 0 Å². The lowest BCUT2D eigenvalue weighted by Crippen LogP contribution is -2.47. The highest BCUT2D eigenvalue weighted by Gasteiger charge is 2.20. The molecule has 3 rings (SSSR count). The summed E-state index contributed by atoms with van der Waals surface area (Å²) in [4.78, 5) is 26.8. The maximum atomic E-state index is 12.2. The Morgan fingerprint density at radius 2 is 1.58 bits per heavy atom. The zero-order valence-corrected chi connectivity index (χ0v) is 15.8. The molecule has 0 unspecified atom stereocenters. The van der Waals surface area contributed by atoms with E-state index in [1.165, 1.54) is 4.90 Å². The van der Waals surface area contributed by atoms with E-state index < -0.39 is 6.09 Å². The third kappa shape index (κ3) is 4.83. The molecule has 0 aromatic heterocycles. The summed E-state index contributed by atoms with van der Waals surface area (Å²) >= 11 is 3.35. The number of nitrogens with one attached hydrogen (secondary N) is 1. The van der Waals surface area contributed by atoms with Crippen LogP contribution in [0.25, 0.3) is 0 Å². The van der Waals surface area contributed by atoms with E-state index in [0.717, 1.165) is 35.4 Å². The Labute approximate surface area is 160 Å². The topological polar surface area (TPSA) is 72.9 Å². The fraction of sp³-hybridized carbons (Fsp3) is 0.263. The van der Waals surface area contributed by atoms with Gasteiger partial charge in [-0.1, -0.05) is 28.1 Å². The third-order valence-electron chi connectivity index (χ3n) is 4.37. The van der Waals surface area contributed by atoms with E-state index in [4.69, 9.17) is 5.11 Å². The number of anilines is 1. The van der Waals surface area contributed by atoms with Crippen molar-refractivity contribution in [3.8, 4) is 0 Å². The molecule has 1 fully saturated rings. The highest BCUT2D eigenvalue weighted by molar-refractivity contribution is 9.10. The molecule has 0 atom stereocenters. The first-order valence-electron chi connectivity index (χ1n) is 8.37. The minimum Gasteiger partial charge on any atom is -0.465 e. The number of carbonyl (C=O) groups is 2. The van der Waals surface area contributed by atoms with Gasteiger partial charge in [0.15, 0.2) is 0 Å². The number of carbonyl (C=O) groups excluding carboxylic acids is 1. The summed E-state index contributed by atoms with van der Waals surface area (Å²) in [6, 6.07) is 15.0. The van der Waals surface area contributed by atoms with Crippen LogP contribution in [0.4, 0.5) is 10.5 Å². The molecule has 0 saturated carbocycles. The van der Waals surface area contributed by atoms with Crippen LogP contribution in [0.2, 0.25) is 0 Å². The molecule has 7 heteroatoms. The van der Waals surface area contributed by atoms with E-state index in [2.05, 4.69) is 26.1 Å². The quantitative estimate of drug-likeness (QED) is 0.798. The molecule has 136 valence electrons. The molecule has 0 aliphatic carbocycles. The van der Waals surface area contributed by atoms with Gasteiger partial charge in [-0.05, 0) is 42.0 Å². The van der Waals surface area contributed by atoms with Crippen LogP contribution in [-0.2, 0) is 6.54 Å². The Morgan fingerprint density at radius 1 is 0.962 bits per heavy atom. The molecular weight excluding hydrogens is 398 g/mol. The second-order valence-electron chi connectivity index (χ2n) is 6.20. The van der Waals surface area contributed by atoms with Crippen LogP contribution in [0, 0.1) is 0 Å². The van der Waals surface area contributed by atoms with Gasteiger partial charge in [-0.15, -0.1) is 0 Å². The Morgan fingerprint density at radius 3 is 2.15 bits per heavy atom. The van der Waals surface area contributed by atoms with Crippen LogP contribution in [0.3, 0.4) is 0 Å². The van der Waals surface area contributed by atoms with E-state index in [1.54, 1.807) is 12.1 Å². The highest BCUT2D eigenvalue weighted by Crippen LogP contribution is 2.15. The fourth-order valence-corrected chi connectivity index (χ4v) is 3.12. The first-order valence-corrected chi connectivity index (χ1v) is 9.16. The van der Waals surface area contributed by atoms with Crippen molar-refractivity contribution in [1.29, 1.82) is 0 Å². The molecule has 1 saturated heterocycles. The number of rotatable bonds is 4. The van der Waals surface area contributed by atoms with E-state index in [1.807, 2.05) is 36.4 Å². The number of benzene rings is 2. The van der Waals surface area contributed by atoms with Crippen LogP contribution in [0.1, 0.15) is 15.9 Å². The summed E-state index contributed by atoms with van der Waals surface area (Å²) in [5.41, 5.74) is 2.49. The Hall–Kier alpha value is -2.38. The number of piperazine rings is 1. The average Bonchev–Trinajstić information content (AvgIpc) is 2.64. The second-order valence-corrected chi connectivity index (χ2v) is 7.12. The van der Waals surface area contributed by atoms with Gasteiger partial charge in [0.25, 0.3) is 5.91 Å². The summed E-state index contributed by atoms with van der Waals surface area (Å²) in [6.07, 6.45) is -0.851. The van der Waals surface area contributed by atoms with Gasteiger partial charge < -0.3 is 15.3 Å². The van der Waals surface area contributed by atoms with Gasteiger partial charge in [0.2, 0.25) is 0 Å². The van der Waals surface area contributed by atoms with Crippen molar-refractivity contribution in [2.45, 2.75) is 6.54 Å². The van der Waals surface area contributed by atoms with Crippen LogP contribution in [0.5, 0.6) is 0 Å². The van der Waals surface area contributed by atoms with Crippen molar-refractivity contribution >= 4 is 33.6 Å². The summed E-state index contributed by atoms with van der Waals surface area (Å²) in [5.74, 6) is -0.143. The average molecular weight is 418 g/mol. The fourth-order valence-electron chi connectivity index (χ4n) is 2.85. The summed E-state index contributed by atoms with van der Waals surface area (Å²) in [5, 5.41) is 11.9. The molecule has 2 aromatic carbocycles. The Balaban J connectivity index is 1.53. The van der Waals surface area contributed by atoms with Crippen molar-refractivity contribution in [2.24, 2.45) is 0 Å². The van der Waals surface area contributed by atoms with Gasteiger partial charge in [-0.3, -0.25) is 9.69 Å². The minimum atomic E-state index is -0.851. The van der Waals surface area contributed by atoms with Gasteiger partial charge in [0, 0.05) is 48.4 Å². The van der Waals surface area contributed by atoms with Crippen molar-refractivity contribution in [2.75, 3.05) is 31.5 Å². The maximum absolute atomic E-state index is 12.2. The molecule has 2 aromatic rings. The third-order valence-corrected chi connectivity index (χ3v) is 4.90. The maximum Gasteiger partial charge on any atom is 0.407 e. The molecule has 1 aliphatic heterocycles. The molecule has 2 amide bonds. The number of carboxylic acid groups (broad SMARTS) is 1. The zero-order chi connectivity index (χ0) is 18.5. The van der Waals surface area contributed by atoms with Crippen molar-refractivity contribution < 1.29 is 14.7 Å². The van der Waals surface area contributed by atoms with E-state index >= 15 is 0 Å². The lowest BCUT2D eigenvalue weighted by atomic mass is 10.1. The summed E-state index contributed by atoms with van der Waals surface area (Å²) < 4.78 is 0.933. The number of amides is 2. The predicted molar refractivity (Wildman–Crippen MR) is 103 cm³/mol. The number of halogens is 1. The Bertz CT molecular complexity index is 770. The van der Waals surface area contributed by atoms with Crippen LogP contribution in [-0.4, -0.2) is 53.1 Å². The van der Waals surface area contributed by atoms with Gasteiger partial charge in [0.1, 0.15) is 0 Å². The highest BCUT2D eigenvalue weighted by atomic mass is 79.9. The lowest BCUT2D eigenvalue weighted by molar-refractivity contribution is 0.102. The molecular formula is C19H20BrN3O3. The van der Waals surface area contributed by atoms with Crippen LogP contribution in [0.15, 0.2) is 53.0 Å². The van der Waals surface area contributed by atoms with E-state index in [9.17, 15) is 9.59 Å². The Kier molecular flexibility index (Phi) is 5.90. The van der Waals surface area contributed by atoms with Gasteiger partial charge >= 0.3 is 6.09 Å². The standard InChI is InChI=1S/C19H20BrN3O3/c20-16-5-3-15(4-6-16)18(24)21-17-7-1-14(2-8-17)13-22-9-11-23(12-10-22)19(25)26/h1-8H,9-13H2,(H,21,24)(H,25,26). The molecule has 0 bridgehead atoms.